The molecule has 0 atom stereocenters. The molecule has 0 radical (unpaired) electrons. The van der Waals surface area contributed by atoms with Crippen molar-refractivity contribution in [1.82, 2.24) is 9.97 Å². The number of rotatable bonds is 7. The Hall–Kier alpha value is -3.89. The van der Waals surface area contributed by atoms with Gasteiger partial charge in [-0.05, 0) is 24.3 Å². The minimum atomic E-state index is -0.263. The number of anilines is 1. The van der Waals surface area contributed by atoms with Crippen LogP contribution in [0.4, 0.5) is 5.13 Å². The van der Waals surface area contributed by atoms with Crippen molar-refractivity contribution in [2.24, 2.45) is 0 Å². The summed E-state index contributed by atoms with van der Waals surface area (Å²) < 4.78 is 23.1. The number of pyridine rings is 1. The van der Waals surface area contributed by atoms with E-state index in [1.165, 1.54) is 29.8 Å². The molecule has 5 rings (SSSR count). The molecule has 0 fully saturated rings. The van der Waals surface area contributed by atoms with Crippen molar-refractivity contribution in [3.63, 3.8) is 0 Å². The molecule has 3 aromatic heterocycles. The summed E-state index contributed by atoms with van der Waals surface area (Å²) in [4.78, 5) is 21.5. The van der Waals surface area contributed by atoms with Crippen LogP contribution in [0.5, 0.6) is 28.7 Å². The van der Waals surface area contributed by atoms with Gasteiger partial charge >= 0.3 is 0 Å². The molecule has 5 aromatic rings. The molecule has 1 amide bonds. The van der Waals surface area contributed by atoms with Crippen LogP contribution in [0.1, 0.15) is 10.4 Å². The van der Waals surface area contributed by atoms with Crippen LogP contribution in [0.3, 0.4) is 0 Å². The van der Waals surface area contributed by atoms with Gasteiger partial charge in [-0.3, -0.25) is 15.1 Å². The number of fused-ring (bicyclic) bond motifs is 2. The lowest BCUT2D eigenvalue weighted by Crippen LogP contribution is -2.11. The summed E-state index contributed by atoms with van der Waals surface area (Å²) in [7, 11) is 4.71. The predicted octanol–water partition coefficient (Wildman–Crippen LogP) is 5.98. The second-order valence-electron chi connectivity index (χ2n) is 7.09. The molecule has 0 spiro atoms. The van der Waals surface area contributed by atoms with E-state index < -0.39 is 0 Å². The number of nitrogens with zero attached hydrogens (tertiary/aromatic N) is 2. The van der Waals surface area contributed by atoms with Crippen molar-refractivity contribution in [1.29, 1.82) is 0 Å². The number of nitrogens with one attached hydrogen (secondary N) is 1. The minimum absolute atomic E-state index is 0.263. The zero-order chi connectivity index (χ0) is 23.7. The molecule has 0 aliphatic carbocycles. The van der Waals surface area contributed by atoms with E-state index in [1.807, 2.05) is 30.3 Å². The highest BCUT2D eigenvalue weighted by atomic mass is 32.1. The van der Waals surface area contributed by atoms with E-state index >= 15 is 0 Å². The van der Waals surface area contributed by atoms with Gasteiger partial charge in [0.2, 0.25) is 0 Å². The molecule has 0 saturated heterocycles. The average molecular weight is 494 g/mol. The minimum Gasteiger partial charge on any atom is -0.495 e. The van der Waals surface area contributed by atoms with Crippen molar-refractivity contribution in [3.05, 3.63) is 58.9 Å². The number of thiazole rings is 1. The van der Waals surface area contributed by atoms with Crippen molar-refractivity contribution in [2.45, 2.75) is 0 Å². The lowest BCUT2D eigenvalue weighted by atomic mass is 10.2. The summed E-state index contributed by atoms with van der Waals surface area (Å²) in [6, 6.07) is 11.0. The van der Waals surface area contributed by atoms with Gasteiger partial charge in [0.25, 0.3) is 5.91 Å². The molecule has 34 heavy (non-hydrogen) atoms. The number of amides is 1. The number of thiophene rings is 1. The summed E-state index contributed by atoms with van der Waals surface area (Å²) in [5.74, 6) is 2.73. The first kappa shape index (κ1) is 21.9. The van der Waals surface area contributed by atoms with Crippen LogP contribution in [0, 0.1) is 0 Å². The molecular formula is C24H19N3O5S2. The highest BCUT2D eigenvalue weighted by molar-refractivity contribution is 7.22. The van der Waals surface area contributed by atoms with Gasteiger partial charge in [0.05, 0.1) is 42.6 Å². The molecule has 1 N–H and O–H groups in total. The molecule has 0 saturated carbocycles. The van der Waals surface area contributed by atoms with E-state index in [1.54, 1.807) is 37.2 Å². The van der Waals surface area contributed by atoms with Crippen LogP contribution in [-0.2, 0) is 0 Å². The fourth-order valence-electron chi connectivity index (χ4n) is 3.46. The molecule has 2 aromatic carbocycles. The van der Waals surface area contributed by atoms with Gasteiger partial charge < -0.3 is 18.9 Å². The first-order chi connectivity index (χ1) is 16.6. The molecule has 3 heterocycles. The molecule has 0 aliphatic heterocycles. The van der Waals surface area contributed by atoms with Crippen LogP contribution < -0.4 is 24.3 Å². The maximum absolute atomic E-state index is 12.6. The third-order valence-corrected chi connectivity index (χ3v) is 6.76. The van der Waals surface area contributed by atoms with E-state index in [0.29, 0.717) is 39.4 Å². The predicted molar refractivity (Wildman–Crippen MR) is 133 cm³/mol. The third kappa shape index (κ3) is 4.09. The molecule has 0 bridgehead atoms. The Bertz CT molecular complexity index is 1510. The number of carbonyl (C=O) groups is 1. The van der Waals surface area contributed by atoms with Crippen LogP contribution in [0.2, 0.25) is 0 Å². The molecule has 0 aliphatic rings. The SMILES string of the molecule is COc1cc2nccc(Oc3ccc4nc(NC(=O)c5cscc5OC)sc4c3)c2cc1OC. The van der Waals surface area contributed by atoms with Crippen molar-refractivity contribution >= 4 is 54.8 Å². The monoisotopic (exact) mass is 493 g/mol. The van der Waals surface area contributed by atoms with Gasteiger partial charge in [0.1, 0.15) is 17.2 Å². The van der Waals surface area contributed by atoms with E-state index in [0.717, 1.165) is 21.1 Å². The zero-order valence-corrected chi connectivity index (χ0v) is 20.1. The largest absolute Gasteiger partial charge is 0.495 e. The quantitative estimate of drug-likeness (QED) is 0.298. The Morgan fingerprint density at radius 3 is 2.47 bits per heavy atom. The second-order valence-corrected chi connectivity index (χ2v) is 8.87. The fraction of sp³-hybridized carbons (Fsp3) is 0.125. The van der Waals surface area contributed by atoms with E-state index in [4.69, 9.17) is 18.9 Å². The topological polar surface area (TPSA) is 91.8 Å². The highest BCUT2D eigenvalue weighted by Crippen LogP contribution is 2.38. The number of benzene rings is 2. The summed E-state index contributed by atoms with van der Waals surface area (Å²) >= 11 is 2.77. The maximum atomic E-state index is 12.6. The number of hydrogen-bond acceptors (Lipinski definition) is 9. The number of methoxy groups -OCH3 is 3. The van der Waals surface area contributed by atoms with E-state index in [-0.39, 0.29) is 5.91 Å². The smallest absolute Gasteiger partial charge is 0.262 e. The van der Waals surface area contributed by atoms with Gasteiger partial charge in [-0.15, -0.1) is 11.3 Å². The number of carbonyl (C=O) groups excluding carboxylic acids is 1. The molecule has 172 valence electrons. The number of aromatic nitrogens is 2. The maximum Gasteiger partial charge on any atom is 0.262 e. The van der Waals surface area contributed by atoms with Gasteiger partial charge in [0.15, 0.2) is 16.6 Å². The Balaban J connectivity index is 1.42. The molecule has 8 nitrogen and oxygen atoms in total. The number of ether oxygens (including phenoxy) is 4. The van der Waals surface area contributed by atoms with Crippen molar-refractivity contribution in [2.75, 3.05) is 26.6 Å². The van der Waals surface area contributed by atoms with Gasteiger partial charge in [0, 0.05) is 34.5 Å². The van der Waals surface area contributed by atoms with Gasteiger partial charge in [-0.1, -0.05) is 11.3 Å². The van der Waals surface area contributed by atoms with E-state index in [9.17, 15) is 4.79 Å². The Morgan fingerprint density at radius 2 is 1.68 bits per heavy atom. The Labute approximate surface area is 202 Å². The lowest BCUT2D eigenvalue weighted by molar-refractivity contribution is 0.102. The molecule has 10 heteroatoms. The summed E-state index contributed by atoms with van der Waals surface area (Å²) in [5.41, 5.74) is 1.96. The summed E-state index contributed by atoms with van der Waals surface area (Å²) in [6.07, 6.45) is 1.68. The van der Waals surface area contributed by atoms with Crippen LogP contribution >= 0.6 is 22.7 Å². The third-order valence-electron chi connectivity index (χ3n) is 5.11. The Kier molecular flexibility index (Phi) is 5.91. The fourth-order valence-corrected chi connectivity index (χ4v) is 5.12. The van der Waals surface area contributed by atoms with Crippen molar-refractivity contribution < 1.29 is 23.7 Å². The van der Waals surface area contributed by atoms with Gasteiger partial charge in [-0.25, -0.2) is 4.98 Å². The van der Waals surface area contributed by atoms with Crippen LogP contribution in [0.15, 0.2) is 53.4 Å². The Morgan fingerprint density at radius 1 is 0.882 bits per heavy atom. The zero-order valence-electron chi connectivity index (χ0n) is 18.4. The van der Waals surface area contributed by atoms with Crippen LogP contribution in [0.25, 0.3) is 21.1 Å². The van der Waals surface area contributed by atoms with Crippen molar-refractivity contribution in [3.8, 4) is 28.7 Å². The first-order valence-electron chi connectivity index (χ1n) is 10.1. The van der Waals surface area contributed by atoms with Gasteiger partial charge in [-0.2, -0.15) is 0 Å². The number of hydrogen-bond donors (Lipinski definition) is 1. The van der Waals surface area contributed by atoms with Crippen LogP contribution in [-0.4, -0.2) is 37.2 Å². The lowest BCUT2D eigenvalue weighted by Gasteiger charge is -2.12. The molecule has 0 unspecified atom stereocenters. The normalized spacial score (nSPS) is 10.9. The summed E-state index contributed by atoms with van der Waals surface area (Å²) in [6.45, 7) is 0. The van der Waals surface area contributed by atoms with E-state index in [2.05, 4.69) is 15.3 Å². The standard InChI is InChI=1S/C24H19N3O5S2/c1-29-19-9-14-17(10-20(19)30-2)25-7-6-18(14)32-13-4-5-16-22(8-13)34-24(26-16)27-23(28)15-11-33-12-21(15)31-3/h4-12H,1-3H3,(H,26,27,28). The summed E-state index contributed by atoms with van der Waals surface area (Å²) in [5, 5.41) is 7.67. The molecular weight excluding hydrogens is 474 g/mol. The average Bonchev–Trinajstić information content (AvgIpc) is 3.49. The first-order valence-corrected chi connectivity index (χ1v) is 11.9. The highest BCUT2D eigenvalue weighted by Gasteiger charge is 2.16. The second kappa shape index (κ2) is 9.16.